The molecule has 9 nitrogen and oxygen atoms in total. The van der Waals surface area contributed by atoms with Crippen LogP contribution in [-0.4, -0.2) is 44.1 Å². The van der Waals surface area contributed by atoms with Gasteiger partial charge in [-0.05, 0) is 25.0 Å². The number of aromatic nitrogens is 4. The van der Waals surface area contributed by atoms with Crippen molar-refractivity contribution in [1.29, 1.82) is 0 Å². The zero-order valence-electron chi connectivity index (χ0n) is 17.0. The Morgan fingerprint density at radius 3 is 2.68 bits per heavy atom. The molecular formula is C22H24N8O. The van der Waals surface area contributed by atoms with E-state index in [0.29, 0.717) is 37.4 Å². The summed E-state index contributed by atoms with van der Waals surface area (Å²) in [6.07, 6.45) is 5.10. The third-order valence-corrected chi connectivity index (χ3v) is 6.00. The molecule has 5 rings (SSSR count). The minimum atomic E-state index is -0.559. The highest BCUT2D eigenvalue weighted by Crippen LogP contribution is 2.31. The maximum Gasteiger partial charge on any atom is 0.219 e. The van der Waals surface area contributed by atoms with Gasteiger partial charge in [-0.3, -0.25) is 9.78 Å². The Morgan fingerprint density at radius 1 is 1.13 bits per heavy atom. The van der Waals surface area contributed by atoms with Crippen molar-refractivity contribution in [2.24, 2.45) is 11.5 Å². The molecular weight excluding hydrogens is 392 g/mol. The number of piperidine rings is 1. The van der Waals surface area contributed by atoms with Gasteiger partial charge in [0.2, 0.25) is 5.91 Å². The number of pyridine rings is 1. The van der Waals surface area contributed by atoms with Crippen LogP contribution in [-0.2, 0) is 4.79 Å². The smallest absolute Gasteiger partial charge is 0.219 e. The summed E-state index contributed by atoms with van der Waals surface area (Å²) in [6.45, 7) is 1.35. The Morgan fingerprint density at radius 2 is 1.90 bits per heavy atom. The predicted octanol–water partition coefficient (Wildman–Crippen LogP) is 1.70. The van der Waals surface area contributed by atoms with Crippen LogP contribution in [0.15, 0.2) is 48.8 Å². The molecule has 3 aromatic heterocycles. The molecule has 1 aliphatic heterocycles. The molecule has 6 N–H and O–H groups in total. The van der Waals surface area contributed by atoms with E-state index in [2.05, 4.69) is 21.0 Å². The van der Waals surface area contributed by atoms with Crippen LogP contribution in [0.25, 0.3) is 27.7 Å². The Hall–Kier alpha value is -3.72. The Kier molecular flexibility index (Phi) is 4.48. The summed E-state index contributed by atoms with van der Waals surface area (Å²) >= 11 is 0. The number of anilines is 2. The maximum absolute atomic E-state index is 11.3. The lowest BCUT2D eigenvalue weighted by molar-refractivity contribution is -0.119. The first kappa shape index (κ1) is 19.3. The van der Waals surface area contributed by atoms with Crippen molar-refractivity contribution in [2.75, 3.05) is 23.7 Å². The fourth-order valence-corrected chi connectivity index (χ4v) is 4.26. The zero-order valence-corrected chi connectivity index (χ0v) is 17.0. The highest BCUT2D eigenvalue weighted by molar-refractivity contribution is 5.87. The molecule has 31 heavy (non-hydrogen) atoms. The standard InChI is InChI=1S/C22H24N8O/c23-18-10-20(29-7-5-22(25,6-8-29)11-19(24)31)28-21-16(13-27-30(18)21)15-9-14-3-1-2-4-17(14)26-12-15/h1-4,9-10,12-13H,5-8,11,23,25H2,(H2,24,31). The molecule has 1 aliphatic rings. The second-order valence-electron chi connectivity index (χ2n) is 8.24. The topological polar surface area (TPSA) is 141 Å². The summed E-state index contributed by atoms with van der Waals surface area (Å²) in [5.41, 5.74) is 20.9. The maximum atomic E-state index is 11.3. The first-order chi connectivity index (χ1) is 14.9. The first-order valence-corrected chi connectivity index (χ1v) is 10.2. The molecule has 0 unspecified atom stereocenters. The summed E-state index contributed by atoms with van der Waals surface area (Å²) < 4.78 is 1.64. The van der Waals surface area contributed by atoms with Gasteiger partial charge in [-0.1, -0.05) is 18.2 Å². The Labute approximate surface area is 178 Å². The number of amides is 1. The van der Waals surface area contributed by atoms with E-state index in [-0.39, 0.29) is 12.3 Å². The van der Waals surface area contributed by atoms with E-state index >= 15 is 0 Å². The SMILES string of the molecule is NC(=O)CC1(N)CCN(c2cc(N)n3ncc(-c4cnc5ccccc5c4)c3n2)CC1. The highest BCUT2D eigenvalue weighted by atomic mass is 16.1. The normalized spacial score (nSPS) is 16.1. The van der Waals surface area contributed by atoms with Crippen molar-refractivity contribution in [1.82, 2.24) is 19.6 Å². The van der Waals surface area contributed by atoms with Gasteiger partial charge in [0.1, 0.15) is 11.6 Å². The number of hydrogen-bond donors (Lipinski definition) is 3. The number of benzene rings is 1. The number of nitrogens with two attached hydrogens (primary N) is 3. The van der Waals surface area contributed by atoms with E-state index in [1.165, 1.54) is 0 Å². The minimum Gasteiger partial charge on any atom is -0.383 e. The second kappa shape index (κ2) is 7.21. The van der Waals surface area contributed by atoms with Crippen LogP contribution in [0, 0.1) is 0 Å². The van der Waals surface area contributed by atoms with Gasteiger partial charge in [0, 0.05) is 53.8 Å². The molecule has 1 amide bonds. The number of primary amides is 1. The number of para-hydroxylation sites is 1. The van der Waals surface area contributed by atoms with Gasteiger partial charge in [0.15, 0.2) is 5.65 Å². The van der Waals surface area contributed by atoms with Gasteiger partial charge in [-0.2, -0.15) is 9.61 Å². The number of fused-ring (bicyclic) bond motifs is 2. The van der Waals surface area contributed by atoms with Gasteiger partial charge in [0.05, 0.1) is 11.7 Å². The summed E-state index contributed by atoms with van der Waals surface area (Å²) in [6, 6.07) is 11.9. The summed E-state index contributed by atoms with van der Waals surface area (Å²) in [5.74, 6) is 0.899. The highest BCUT2D eigenvalue weighted by Gasteiger charge is 2.33. The summed E-state index contributed by atoms with van der Waals surface area (Å²) in [4.78, 5) is 22.9. The van der Waals surface area contributed by atoms with E-state index in [0.717, 1.165) is 27.8 Å². The zero-order chi connectivity index (χ0) is 21.6. The Balaban J connectivity index is 1.50. The van der Waals surface area contributed by atoms with Crippen molar-refractivity contribution < 1.29 is 4.79 Å². The van der Waals surface area contributed by atoms with Crippen LogP contribution in [0.3, 0.4) is 0 Å². The fourth-order valence-electron chi connectivity index (χ4n) is 4.26. The van der Waals surface area contributed by atoms with E-state index < -0.39 is 5.54 Å². The van der Waals surface area contributed by atoms with Crippen LogP contribution >= 0.6 is 0 Å². The largest absolute Gasteiger partial charge is 0.383 e. The first-order valence-electron chi connectivity index (χ1n) is 10.2. The molecule has 0 saturated carbocycles. The minimum absolute atomic E-state index is 0.192. The van der Waals surface area contributed by atoms with Crippen LogP contribution in [0.4, 0.5) is 11.6 Å². The quantitative estimate of drug-likeness (QED) is 0.460. The lowest BCUT2D eigenvalue weighted by Gasteiger charge is -2.39. The molecule has 4 heterocycles. The van der Waals surface area contributed by atoms with E-state index in [9.17, 15) is 4.79 Å². The number of hydrogen-bond acceptors (Lipinski definition) is 7. The number of rotatable bonds is 4. The third-order valence-electron chi connectivity index (χ3n) is 6.00. The lowest BCUT2D eigenvalue weighted by Crippen LogP contribution is -2.52. The molecule has 9 heteroatoms. The van der Waals surface area contributed by atoms with E-state index in [4.69, 9.17) is 22.2 Å². The second-order valence-corrected chi connectivity index (χ2v) is 8.24. The molecule has 1 saturated heterocycles. The monoisotopic (exact) mass is 416 g/mol. The molecule has 0 aliphatic carbocycles. The van der Waals surface area contributed by atoms with Crippen molar-refractivity contribution in [3.05, 3.63) is 48.8 Å². The number of nitrogen functional groups attached to an aromatic ring is 1. The molecule has 1 fully saturated rings. The molecule has 0 bridgehead atoms. The van der Waals surface area contributed by atoms with Crippen LogP contribution < -0.4 is 22.1 Å². The van der Waals surface area contributed by atoms with Crippen LogP contribution in [0.2, 0.25) is 0 Å². The average molecular weight is 416 g/mol. The van der Waals surface area contributed by atoms with Gasteiger partial charge >= 0.3 is 0 Å². The van der Waals surface area contributed by atoms with E-state index in [1.807, 2.05) is 36.5 Å². The predicted molar refractivity (Wildman–Crippen MR) is 120 cm³/mol. The number of nitrogens with zero attached hydrogens (tertiary/aromatic N) is 5. The third kappa shape index (κ3) is 3.53. The lowest BCUT2D eigenvalue weighted by atomic mass is 9.85. The molecule has 1 aromatic carbocycles. The van der Waals surface area contributed by atoms with Crippen molar-refractivity contribution in [3.63, 3.8) is 0 Å². The summed E-state index contributed by atoms with van der Waals surface area (Å²) in [7, 11) is 0. The Bertz CT molecular complexity index is 1290. The average Bonchev–Trinajstić information content (AvgIpc) is 3.18. The van der Waals surface area contributed by atoms with Gasteiger partial charge < -0.3 is 22.1 Å². The molecule has 0 spiro atoms. The van der Waals surface area contributed by atoms with E-state index in [1.54, 1.807) is 10.7 Å². The molecule has 4 aromatic rings. The van der Waals surface area contributed by atoms with Crippen LogP contribution in [0.1, 0.15) is 19.3 Å². The number of carbonyl (C=O) groups excluding carboxylic acids is 1. The van der Waals surface area contributed by atoms with Gasteiger partial charge in [-0.15, -0.1) is 0 Å². The molecule has 0 radical (unpaired) electrons. The van der Waals surface area contributed by atoms with Crippen molar-refractivity contribution in [2.45, 2.75) is 24.8 Å². The van der Waals surface area contributed by atoms with Gasteiger partial charge in [-0.25, -0.2) is 4.98 Å². The molecule has 158 valence electrons. The summed E-state index contributed by atoms with van der Waals surface area (Å²) in [5, 5.41) is 5.48. The van der Waals surface area contributed by atoms with Crippen molar-refractivity contribution >= 4 is 34.1 Å². The fraction of sp³-hybridized carbons (Fsp3) is 0.273. The molecule has 0 atom stereocenters. The van der Waals surface area contributed by atoms with Gasteiger partial charge in [0.25, 0.3) is 0 Å². The number of carbonyl (C=O) groups is 1. The van der Waals surface area contributed by atoms with Crippen molar-refractivity contribution in [3.8, 4) is 11.1 Å². The van der Waals surface area contributed by atoms with Crippen LogP contribution in [0.5, 0.6) is 0 Å².